The number of methoxy groups -OCH3 is 4. The van der Waals surface area contributed by atoms with Crippen LogP contribution in [-0.2, 0) is 38.1 Å². The molecule has 0 saturated carbocycles. The van der Waals surface area contributed by atoms with Gasteiger partial charge >= 0.3 is 0 Å². The number of rotatable bonds is 12. The summed E-state index contributed by atoms with van der Waals surface area (Å²) >= 11 is 0. The summed E-state index contributed by atoms with van der Waals surface area (Å²) in [6.45, 7) is 0. The van der Waals surface area contributed by atoms with Crippen LogP contribution in [0.2, 0.25) is 0 Å². The molecule has 8 aromatic carbocycles. The van der Waals surface area contributed by atoms with E-state index in [9.17, 15) is 39.6 Å². The van der Waals surface area contributed by atoms with Crippen LogP contribution in [0.1, 0.15) is 46.7 Å². The van der Waals surface area contributed by atoms with Crippen LogP contribution >= 0.6 is 0 Å². The van der Waals surface area contributed by atoms with Crippen LogP contribution in [0.3, 0.4) is 0 Å². The van der Waals surface area contributed by atoms with Crippen molar-refractivity contribution < 1.29 is 77.5 Å². The molecule has 0 radical (unpaired) electrons. The lowest BCUT2D eigenvalue weighted by molar-refractivity contribution is -0.138. The Balaban J connectivity index is 0.000000112. The maximum Gasteiger partial charge on any atom is 0.258 e. The molecule has 20 nitrogen and oxygen atoms in total. The Morgan fingerprint density at radius 3 is 0.598 bits per heavy atom. The number of ether oxygens (including phenoxy) is 8. The van der Waals surface area contributed by atoms with Crippen molar-refractivity contribution in [3.8, 4) is 23.0 Å². The topological polar surface area (TPSA) is 236 Å². The molecular formula is C72H68N4O16. The predicted octanol–water partition coefficient (Wildman–Crippen LogP) is 7.65. The lowest BCUT2D eigenvalue weighted by Gasteiger charge is -2.43. The Kier molecular flexibility index (Phi) is 17.4. The SMILES string of the molecule is COc1ccc(N2C(=O)[C@@H]3O[C@H](c4ccccc4)[C@@H](O)[C@@H]32)cc1.COc1ccc(N2C(=O)[C@@H]3O[C@H](c4ccccc4)[C@@H](O)[C@@H]32)cc1.COc1ccc(N2C(=O)[C@@H]3O[C@H](c4ccccc4)[C@@H](O)[C@@H]32)cc1.COc1ccc(N2C(=O)[C@@H]3O[C@H](c4ccccc4)[C@@H](O)[C@@H]32)cc1. The van der Waals surface area contributed by atoms with Crippen molar-refractivity contribution in [3.05, 3.63) is 241 Å². The smallest absolute Gasteiger partial charge is 0.258 e. The van der Waals surface area contributed by atoms with Gasteiger partial charge in [0.1, 0.15) is 96.0 Å². The van der Waals surface area contributed by atoms with Crippen molar-refractivity contribution in [2.24, 2.45) is 0 Å². The van der Waals surface area contributed by atoms with Crippen molar-refractivity contribution in [2.75, 3.05) is 48.0 Å². The maximum atomic E-state index is 12.4. The van der Waals surface area contributed by atoms with Crippen LogP contribution < -0.4 is 38.5 Å². The molecule has 0 aliphatic carbocycles. The summed E-state index contributed by atoms with van der Waals surface area (Å²) in [5, 5.41) is 42.6. The quantitative estimate of drug-likeness (QED) is 0.0860. The third-order valence-electron chi connectivity index (χ3n) is 18.1. The Bertz CT molecular complexity index is 3370. The molecule has 0 aromatic heterocycles. The van der Waals surface area contributed by atoms with Gasteiger partial charge in [-0.15, -0.1) is 0 Å². The van der Waals surface area contributed by atoms with E-state index in [1.54, 1.807) is 96.6 Å². The minimum atomic E-state index is -0.748. The van der Waals surface area contributed by atoms with Crippen molar-refractivity contribution in [2.45, 2.75) is 97.4 Å². The molecule has 8 aliphatic rings. The van der Waals surface area contributed by atoms with Crippen molar-refractivity contribution in [1.29, 1.82) is 0 Å². The first-order valence-corrected chi connectivity index (χ1v) is 30.2. The normalized spacial score (nSPS) is 29.1. The zero-order chi connectivity index (χ0) is 63.9. The molecule has 472 valence electrons. The second kappa shape index (κ2) is 26.0. The van der Waals surface area contributed by atoms with Gasteiger partial charge in [0.2, 0.25) is 0 Å². The summed E-state index contributed by atoms with van der Waals surface area (Å²) in [5.74, 6) is 2.45. The third-order valence-corrected chi connectivity index (χ3v) is 18.1. The number of anilines is 4. The van der Waals surface area contributed by atoms with Gasteiger partial charge in [-0.05, 0) is 119 Å². The van der Waals surface area contributed by atoms with Gasteiger partial charge in [0, 0.05) is 22.7 Å². The number of β-lactam (4-membered cyclic amide) rings is 4. The monoisotopic (exact) mass is 1240 g/mol. The number of carbonyl (C=O) groups is 4. The van der Waals surface area contributed by atoms with Crippen molar-refractivity contribution in [1.82, 2.24) is 0 Å². The Hall–Kier alpha value is -9.48. The van der Waals surface area contributed by atoms with E-state index in [1.807, 2.05) is 170 Å². The second-order valence-corrected chi connectivity index (χ2v) is 23.1. The first-order chi connectivity index (χ1) is 44.8. The minimum Gasteiger partial charge on any atom is -0.497 e. The van der Waals surface area contributed by atoms with Gasteiger partial charge in [-0.2, -0.15) is 0 Å². The molecule has 0 unspecified atom stereocenters. The van der Waals surface area contributed by atoms with E-state index in [1.165, 1.54) is 0 Å². The summed E-state index contributed by atoms with van der Waals surface area (Å²) in [7, 11) is 6.38. The van der Waals surface area contributed by atoms with E-state index in [0.717, 1.165) is 68.0 Å². The van der Waals surface area contributed by atoms with Gasteiger partial charge in [-0.1, -0.05) is 121 Å². The molecule has 0 spiro atoms. The Morgan fingerprint density at radius 1 is 0.261 bits per heavy atom. The first-order valence-electron chi connectivity index (χ1n) is 30.2. The van der Waals surface area contributed by atoms with Gasteiger partial charge in [0.05, 0.1) is 28.4 Å². The van der Waals surface area contributed by atoms with Crippen molar-refractivity contribution >= 4 is 46.4 Å². The lowest BCUT2D eigenvalue weighted by atomic mass is 9.91. The number of hydrogen-bond acceptors (Lipinski definition) is 16. The molecule has 8 aromatic rings. The molecule has 16 rings (SSSR count). The molecule has 4 amide bonds. The van der Waals surface area contributed by atoms with E-state index in [-0.39, 0.29) is 47.8 Å². The summed E-state index contributed by atoms with van der Waals surface area (Å²) in [6.07, 6.45) is -7.17. The van der Waals surface area contributed by atoms with Crippen LogP contribution in [0.15, 0.2) is 218 Å². The zero-order valence-electron chi connectivity index (χ0n) is 50.5. The van der Waals surface area contributed by atoms with Crippen molar-refractivity contribution in [3.63, 3.8) is 0 Å². The number of amides is 4. The number of benzene rings is 8. The summed E-state index contributed by atoms with van der Waals surface area (Å²) in [6, 6.07) is 65.6. The van der Waals surface area contributed by atoms with Gasteiger partial charge in [0.15, 0.2) is 24.4 Å². The molecule has 8 saturated heterocycles. The van der Waals surface area contributed by atoms with E-state index < -0.39 is 73.2 Å². The largest absolute Gasteiger partial charge is 0.497 e. The molecule has 4 N–H and O–H groups in total. The highest BCUT2D eigenvalue weighted by molar-refractivity contribution is 6.08. The number of carbonyl (C=O) groups excluding carboxylic acids is 4. The fraction of sp³-hybridized carbons (Fsp3) is 0.278. The molecule has 8 aliphatic heterocycles. The number of nitrogens with zero attached hydrogens (tertiary/aromatic N) is 4. The van der Waals surface area contributed by atoms with Gasteiger partial charge in [-0.3, -0.25) is 19.2 Å². The standard InChI is InChI=1S/4C18H17NO4/c4*1-22-13-9-7-12(8-10-13)19-14-15(20)16(23-17(14)18(19)21)11-5-3-2-4-6-11/h4*2-10,14-17,20H,1H3/t4*14-,15-,16+,17+/m0000/s1. The highest BCUT2D eigenvalue weighted by Gasteiger charge is 2.64. The minimum absolute atomic E-state index is 0.113. The molecule has 8 heterocycles. The Labute approximate surface area is 530 Å². The average Bonchev–Trinajstić information content (AvgIpc) is 1.58. The number of aliphatic hydroxyl groups is 4. The first kappa shape index (κ1) is 61.4. The van der Waals surface area contributed by atoms with E-state index in [0.29, 0.717) is 0 Å². The fourth-order valence-corrected chi connectivity index (χ4v) is 13.3. The van der Waals surface area contributed by atoms with Gasteiger partial charge in [-0.25, -0.2) is 0 Å². The lowest BCUT2D eigenvalue weighted by Crippen LogP contribution is -2.66. The van der Waals surface area contributed by atoms with E-state index in [4.69, 9.17) is 37.9 Å². The molecule has 20 heteroatoms. The Morgan fingerprint density at radius 2 is 0.435 bits per heavy atom. The van der Waals surface area contributed by atoms with E-state index >= 15 is 0 Å². The highest BCUT2D eigenvalue weighted by atomic mass is 16.6. The number of fused-ring (bicyclic) bond motifs is 4. The maximum absolute atomic E-state index is 12.4. The predicted molar refractivity (Wildman–Crippen MR) is 337 cm³/mol. The second-order valence-electron chi connectivity index (χ2n) is 23.1. The zero-order valence-corrected chi connectivity index (χ0v) is 50.5. The summed E-state index contributed by atoms with van der Waals surface area (Å²) in [5.41, 5.74) is 6.52. The van der Waals surface area contributed by atoms with Crippen LogP contribution in [-0.4, -0.2) is 145 Å². The average molecular weight is 1250 g/mol. The molecule has 8 fully saturated rings. The summed E-state index contributed by atoms with van der Waals surface area (Å²) < 4.78 is 43.7. The third kappa shape index (κ3) is 11.1. The number of aliphatic hydroxyl groups excluding tert-OH is 4. The molecule has 16 atom stereocenters. The number of hydrogen-bond donors (Lipinski definition) is 4. The molecular weight excluding hydrogens is 1180 g/mol. The van der Waals surface area contributed by atoms with Crippen LogP contribution in [0, 0.1) is 0 Å². The van der Waals surface area contributed by atoms with Crippen LogP contribution in [0.4, 0.5) is 22.7 Å². The fourth-order valence-electron chi connectivity index (χ4n) is 13.3. The van der Waals surface area contributed by atoms with Crippen LogP contribution in [0.5, 0.6) is 23.0 Å². The van der Waals surface area contributed by atoms with Gasteiger partial charge in [0.25, 0.3) is 23.6 Å². The highest BCUT2D eigenvalue weighted by Crippen LogP contribution is 2.49. The summed E-state index contributed by atoms with van der Waals surface area (Å²) in [4.78, 5) is 56.0. The van der Waals surface area contributed by atoms with Gasteiger partial charge < -0.3 is 77.9 Å². The van der Waals surface area contributed by atoms with E-state index in [2.05, 4.69) is 0 Å². The molecule has 92 heavy (non-hydrogen) atoms. The molecule has 0 bridgehead atoms. The van der Waals surface area contributed by atoms with Crippen LogP contribution in [0.25, 0.3) is 0 Å².